The quantitative estimate of drug-likeness (QED) is 0.468. The number of fused-ring (bicyclic) bond motifs is 2. The molecule has 0 fully saturated rings. The Kier molecular flexibility index (Phi) is 5.08. The summed E-state index contributed by atoms with van der Waals surface area (Å²) in [5.74, 6) is 1.61. The fraction of sp³-hybridized carbons (Fsp3) is 0.333. The average Bonchev–Trinajstić information content (AvgIpc) is 3.37. The Morgan fingerprint density at radius 3 is 3.13 bits per heavy atom. The molecule has 0 saturated heterocycles. The van der Waals surface area contributed by atoms with Crippen molar-refractivity contribution in [3.8, 4) is 16.5 Å². The van der Waals surface area contributed by atoms with Crippen LogP contribution in [-0.4, -0.2) is 34.2 Å². The number of hydrogen-bond donors (Lipinski definition) is 1. The van der Waals surface area contributed by atoms with Crippen LogP contribution in [0.25, 0.3) is 10.8 Å². The van der Waals surface area contributed by atoms with Gasteiger partial charge in [-0.2, -0.15) is 0 Å². The third-order valence-electron chi connectivity index (χ3n) is 5.21. The van der Waals surface area contributed by atoms with E-state index in [-0.39, 0.29) is 24.1 Å². The molecule has 0 spiro atoms. The lowest BCUT2D eigenvalue weighted by atomic mass is 9.90. The summed E-state index contributed by atoms with van der Waals surface area (Å²) in [5, 5.41) is 11.3. The van der Waals surface area contributed by atoms with Crippen LogP contribution < -0.4 is 10.1 Å². The third-order valence-corrected chi connectivity index (χ3v) is 7.25. The Morgan fingerprint density at radius 1 is 1.33 bits per heavy atom. The first-order valence-corrected chi connectivity index (χ1v) is 11.5. The number of benzene rings is 1. The Labute approximate surface area is 181 Å². The second-order valence-electron chi connectivity index (χ2n) is 7.54. The van der Waals surface area contributed by atoms with E-state index in [0.29, 0.717) is 34.0 Å². The summed E-state index contributed by atoms with van der Waals surface area (Å²) in [7, 11) is 0. The molecule has 1 aromatic carbocycles. The third kappa shape index (κ3) is 3.87. The Morgan fingerprint density at radius 2 is 2.23 bits per heavy atom. The van der Waals surface area contributed by atoms with Crippen LogP contribution in [0.2, 0.25) is 0 Å². The van der Waals surface area contributed by atoms with Gasteiger partial charge in [-0.25, -0.2) is 0 Å². The maximum absolute atomic E-state index is 12.6. The molecule has 1 atom stereocenters. The van der Waals surface area contributed by atoms with Crippen molar-refractivity contribution in [3.05, 3.63) is 40.3 Å². The number of amides is 1. The van der Waals surface area contributed by atoms with E-state index in [9.17, 15) is 9.59 Å². The number of rotatable bonds is 5. The number of nitrogens with one attached hydrogen (secondary N) is 1. The fourth-order valence-electron chi connectivity index (χ4n) is 3.65. The Balaban J connectivity index is 1.25. The van der Waals surface area contributed by atoms with Crippen molar-refractivity contribution in [1.29, 1.82) is 0 Å². The number of thioether (sulfide) groups is 1. The molecule has 9 heteroatoms. The zero-order chi connectivity index (χ0) is 20.7. The van der Waals surface area contributed by atoms with Crippen LogP contribution in [-0.2, 0) is 17.6 Å². The predicted molar refractivity (Wildman–Crippen MR) is 114 cm³/mol. The molecule has 0 bridgehead atoms. The van der Waals surface area contributed by atoms with Crippen LogP contribution in [0.1, 0.15) is 34.1 Å². The fourth-order valence-corrected chi connectivity index (χ4v) is 5.43. The van der Waals surface area contributed by atoms with E-state index in [0.717, 1.165) is 17.7 Å². The van der Waals surface area contributed by atoms with Gasteiger partial charge in [-0.3, -0.25) is 9.59 Å². The predicted octanol–water partition coefficient (Wildman–Crippen LogP) is 4.23. The van der Waals surface area contributed by atoms with Crippen LogP contribution >= 0.6 is 23.1 Å². The van der Waals surface area contributed by atoms with Crippen molar-refractivity contribution < 1.29 is 18.7 Å². The smallest absolute Gasteiger partial charge is 0.277 e. The number of nitrogens with zero attached hydrogens (tertiary/aromatic N) is 2. The van der Waals surface area contributed by atoms with Crippen molar-refractivity contribution in [1.82, 2.24) is 10.2 Å². The maximum atomic E-state index is 12.6. The highest BCUT2D eigenvalue weighted by Crippen LogP contribution is 2.37. The van der Waals surface area contributed by atoms with E-state index in [1.807, 2.05) is 0 Å². The number of aromatic nitrogens is 2. The van der Waals surface area contributed by atoms with Gasteiger partial charge in [0.05, 0.1) is 16.3 Å². The van der Waals surface area contributed by atoms with Crippen LogP contribution in [0, 0.1) is 5.92 Å². The van der Waals surface area contributed by atoms with E-state index in [1.165, 1.54) is 28.6 Å². The van der Waals surface area contributed by atoms with Gasteiger partial charge in [-0.1, -0.05) is 18.7 Å². The molecular formula is C21H19N3O4S2. The van der Waals surface area contributed by atoms with Crippen molar-refractivity contribution in [3.63, 3.8) is 0 Å². The molecule has 0 radical (unpaired) electrons. The van der Waals surface area contributed by atoms with Gasteiger partial charge < -0.3 is 14.5 Å². The van der Waals surface area contributed by atoms with E-state index in [1.54, 1.807) is 29.5 Å². The summed E-state index contributed by atoms with van der Waals surface area (Å²) >= 11 is 2.93. The number of carbonyl (C=O) groups excluding carboxylic acids is 2. The SMILES string of the molecule is C[C@@H]1CCc2sc(-c3nnc(SCC(=O)c4ccc5c(c4)NC(=O)CO5)o3)cc2C1. The average molecular weight is 442 g/mol. The van der Waals surface area contributed by atoms with Gasteiger partial charge in [-0.05, 0) is 55.0 Å². The van der Waals surface area contributed by atoms with Crippen molar-refractivity contribution in [2.24, 2.45) is 5.92 Å². The molecule has 1 N–H and O–H groups in total. The first-order chi connectivity index (χ1) is 14.5. The Hall–Kier alpha value is -2.65. The van der Waals surface area contributed by atoms with Gasteiger partial charge in [0.15, 0.2) is 12.4 Å². The van der Waals surface area contributed by atoms with Crippen LogP contribution in [0.15, 0.2) is 33.9 Å². The number of thiophene rings is 1. The van der Waals surface area contributed by atoms with Gasteiger partial charge >= 0.3 is 0 Å². The lowest BCUT2D eigenvalue weighted by Gasteiger charge is -2.18. The zero-order valence-corrected chi connectivity index (χ0v) is 17.9. The summed E-state index contributed by atoms with van der Waals surface area (Å²) < 4.78 is 11.1. The number of ether oxygens (including phenoxy) is 1. The molecule has 5 rings (SSSR count). The minimum absolute atomic E-state index is 0.0120. The van der Waals surface area contributed by atoms with E-state index in [2.05, 4.69) is 28.5 Å². The summed E-state index contributed by atoms with van der Waals surface area (Å²) in [4.78, 5) is 26.4. The van der Waals surface area contributed by atoms with Gasteiger partial charge in [-0.15, -0.1) is 21.5 Å². The molecule has 30 heavy (non-hydrogen) atoms. The minimum atomic E-state index is -0.232. The van der Waals surface area contributed by atoms with Crippen molar-refractivity contribution in [2.75, 3.05) is 17.7 Å². The molecule has 0 unspecified atom stereocenters. The molecular weight excluding hydrogens is 422 g/mol. The number of aryl methyl sites for hydroxylation is 1. The van der Waals surface area contributed by atoms with E-state index >= 15 is 0 Å². The lowest BCUT2D eigenvalue weighted by Crippen LogP contribution is -2.25. The van der Waals surface area contributed by atoms with E-state index < -0.39 is 0 Å². The lowest BCUT2D eigenvalue weighted by molar-refractivity contribution is -0.118. The number of ketones is 1. The first kappa shape index (κ1) is 19.3. The molecule has 0 saturated carbocycles. The number of anilines is 1. The highest BCUT2D eigenvalue weighted by Gasteiger charge is 2.22. The standard InChI is InChI=1S/C21H19N3O4S2/c1-11-2-5-17-13(6-11)8-18(30-17)20-23-24-21(28-20)29-10-15(25)12-3-4-16-14(7-12)22-19(26)9-27-16/h3-4,7-8,11H,2,5-6,9-10H2,1H3,(H,22,26)/t11-/m1/s1. The van der Waals surface area contributed by atoms with Crippen molar-refractivity contribution >= 4 is 40.5 Å². The molecule has 154 valence electrons. The van der Waals surface area contributed by atoms with Crippen LogP contribution in [0.4, 0.5) is 5.69 Å². The van der Waals surface area contributed by atoms with Gasteiger partial charge in [0.2, 0.25) is 0 Å². The summed E-state index contributed by atoms with van der Waals surface area (Å²) in [6.45, 7) is 2.27. The topological polar surface area (TPSA) is 94.3 Å². The van der Waals surface area contributed by atoms with Crippen LogP contribution in [0.3, 0.4) is 0 Å². The normalized spacial score (nSPS) is 17.6. The number of hydrogen-bond acceptors (Lipinski definition) is 8. The highest BCUT2D eigenvalue weighted by atomic mass is 32.2. The molecule has 2 aromatic heterocycles. The molecule has 3 aromatic rings. The number of Topliss-reactive ketones (excluding diaryl/α,β-unsaturated/α-hetero) is 1. The maximum Gasteiger partial charge on any atom is 0.277 e. The number of carbonyl (C=O) groups is 2. The van der Waals surface area contributed by atoms with Crippen molar-refractivity contribution in [2.45, 2.75) is 31.4 Å². The van der Waals surface area contributed by atoms with Gasteiger partial charge in [0, 0.05) is 10.4 Å². The zero-order valence-electron chi connectivity index (χ0n) is 16.3. The summed E-state index contributed by atoms with van der Waals surface area (Å²) in [6.07, 6.45) is 3.43. The summed E-state index contributed by atoms with van der Waals surface area (Å²) in [5.41, 5.74) is 2.39. The molecule has 3 heterocycles. The molecule has 1 amide bonds. The first-order valence-electron chi connectivity index (χ1n) is 9.73. The molecule has 2 aliphatic rings. The van der Waals surface area contributed by atoms with Gasteiger partial charge in [0.25, 0.3) is 17.0 Å². The Bertz CT molecular complexity index is 1140. The summed E-state index contributed by atoms with van der Waals surface area (Å²) in [6, 6.07) is 7.17. The second-order valence-corrected chi connectivity index (χ2v) is 9.60. The van der Waals surface area contributed by atoms with Gasteiger partial charge in [0.1, 0.15) is 5.75 Å². The molecule has 7 nitrogen and oxygen atoms in total. The van der Waals surface area contributed by atoms with E-state index in [4.69, 9.17) is 9.15 Å². The van der Waals surface area contributed by atoms with Crippen LogP contribution in [0.5, 0.6) is 5.75 Å². The monoisotopic (exact) mass is 441 g/mol. The minimum Gasteiger partial charge on any atom is -0.482 e. The largest absolute Gasteiger partial charge is 0.482 e. The second kappa shape index (κ2) is 7.88. The molecule has 1 aliphatic heterocycles. The highest BCUT2D eigenvalue weighted by molar-refractivity contribution is 7.99. The molecule has 1 aliphatic carbocycles.